The number of rotatable bonds is 5. The summed E-state index contributed by atoms with van der Waals surface area (Å²) in [5, 5.41) is 6.33. The first kappa shape index (κ1) is 15.6. The van der Waals surface area contributed by atoms with Crippen LogP contribution in [0.15, 0.2) is 46.9 Å². The van der Waals surface area contributed by atoms with Gasteiger partial charge in [0.05, 0.1) is 0 Å². The van der Waals surface area contributed by atoms with Crippen LogP contribution in [0.3, 0.4) is 0 Å². The second kappa shape index (κ2) is 7.27. The summed E-state index contributed by atoms with van der Waals surface area (Å²) in [6.07, 6.45) is 0.482. The molecule has 0 saturated carbocycles. The molecular weight excluding hydrogens is 328 g/mol. The third kappa shape index (κ3) is 4.33. The van der Waals surface area contributed by atoms with Crippen LogP contribution >= 0.6 is 15.9 Å². The van der Waals surface area contributed by atoms with Gasteiger partial charge >= 0.3 is 0 Å². The number of nitrogens with one attached hydrogen (secondary N) is 2. The van der Waals surface area contributed by atoms with Crippen molar-refractivity contribution in [3.63, 3.8) is 0 Å². The van der Waals surface area contributed by atoms with Gasteiger partial charge in [0.25, 0.3) is 0 Å². The van der Waals surface area contributed by atoms with Crippen molar-refractivity contribution in [2.24, 2.45) is 0 Å². The number of benzene rings is 2. The Balaban J connectivity index is 2.08. The molecule has 0 heterocycles. The van der Waals surface area contributed by atoms with Crippen molar-refractivity contribution < 1.29 is 4.79 Å². The highest BCUT2D eigenvalue weighted by molar-refractivity contribution is 9.10. The SMILES string of the molecule is CCC(=O)Nc1cccc(NCc2ccc(Br)cc2)c1C. The zero-order chi connectivity index (χ0) is 15.2. The summed E-state index contributed by atoms with van der Waals surface area (Å²) in [5.41, 5.74) is 4.16. The molecule has 0 aliphatic rings. The second-order valence-electron chi connectivity index (χ2n) is 4.86. The van der Waals surface area contributed by atoms with Crippen molar-refractivity contribution in [1.29, 1.82) is 0 Å². The number of anilines is 2. The molecule has 2 N–H and O–H groups in total. The summed E-state index contributed by atoms with van der Waals surface area (Å²) < 4.78 is 1.08. The Morgan fingerprint density at radius 3 is 2.43 bits per heavy atom. The third-order valence-corrected chi connectivity index (χ3v) is 3.85. The van der Waals surface area contributed by atoms with Crippen LogP contribution in [-0.4, -0.2) is 5.91 Å². The van der Waals surface area contributed by atoms with Gasteiger partial charge in [-0.3, -0.25) is 4.79 Å². The predicted molar refractivity (Wildman–Crippen MR) is 91.6 cm³/mol. The van der Waals surface area contributed by atoms with Crippen molar-refractivity contribution in [3.05, 3.63) is 58.1 Å². The summed E-state index contributed by atoms with van der Waals surface area (Å²) in [7, 11) is 0. The molecule has 0 aliphatic heterocycles. The summed E-state index contributed by atoms with van der Waals surface area (Å²) >= 11 is 3.43. The van der Waals surface area contributed by atoms with Gasteiger partial charge in [-0.2, -0.15) is 0 Å². The normalized spacial score (nSPS) is 10.2. The molecule has 0 spiro atoms. The van der Waals surface area contributed by atoms with Crippen LogP contribution in [0.2, 0.25) is 0 Å². The maximum absolute atomic E-state index is 11.5. The highest BCUT2D eigenvalue weighted by Crippen LogP contribution is 2.24. The van der Waals surface area contributed by atoms with Crippen molar-refractivity contribution in [1.82, 2.24) is 0 Å². The van der Waals surface area contributed by atoms with Crippen LogP contribution in [0, 0.1) is 6.92 Å². The zero-order valence-electron chi connectivity index (χ0n) is 12.2. The molecule has 0 bridgehead atoms. The molecule has 0 unspecified atom stereocenters. The highest BCUT2D eigenvalue weighted by atomic mass is 79.9. The molecule has 110 valence electrons. The highest BCUT2D eigenvalue weighted by Gasteiger charge is 2.06. The number of halogens is 1. The van der Waals surface area contributed by atoms with Crippen LogP contribution in [0.1, 0.15) is 24.5 Å². The van der Waals surface area contributed by atoms with Crippen molar-refractivity contribution in [3.8, 4) is 0 Å². The quantitative estimate of drug-likeness (QED) is 0.822. The molecule has 2 aromatic carbocycles. The van der Waals surface area contributed by atoms with E-state index in [0.29, 0.717) is 6.42 Å². The number of carbonyl (C=O) groups is 1. The molecule has 0 aromatic heterocycles. The molecular formula is C17H19BrN2O. The number of hydrogen-bond acceptors (Lipinski definition) is 2. The molecule has 2 rings (SSSR count). The Kier molecular flexibility index (Phi) is 5.39. The molecule has 0 fully saturated rings. The van der Waals surface area contributed by atoms with Gasteiger partial charge in [-0.15, -0.1) is 0 Å². The van der Waals surface area contributed by atoms with Gasteiger partial charge in [-0.05, 0) is 42.3 Å². The van der Waals surface area contributed by atoms with E-state index in [1.165, 1.54) is 5.56 Å². The largest absolute Gasteiger partial charge is 0.381 e. The molecule has 2 aromatic rings. The maximum atomic E-state index is 11.5. The van der Waals surface area contributed by atoms with Crippen molar-refractivity contribution in [2.45, 2.75) is 26.8 Å². The fourth-order valence-corrected chi connectivity index (χ4v) is 2.27. The Morgan fingerprint density at radius 1 is 1.10 bits per heavy atom. The summed E-state index contributed by atoms with van der Waals surface area (Å²) in [6.45, 7) is 4.61. The summed E-state index contributed by atoms with van der Waals surface area (Å²) in [6, 6.07) is 14.1. The first-order valence-corrected chi connectivity index (χ1v) is 7.77. The topological polar surface area (TPSA) is 41.1 Å². The second-order valence-corrected chi connectivity index (χ2v) is 5.78. The predicted octanol–water partition coefficient (Wildman–Crippen LogP) is 4.72. The van der Waals surface area contributed by atoms with Crippen LogP contribution in [0.25, 0.3) is 0 Å². The number of hydrogen-bond donors (Lipinski definition) is 2. The maximum Gasteiger partial charge on any atom is 0.224 e. The van der Waals surface area contributed by atoms with Crippen molar-refractivity contribution in [2.75, 3.05) is 10.6 Å². The van der Waals surface area contributed by atoms with E-state index in [0.717, 1.165) is 28.0 Å². The van der Waals surface area contributed by atoms with Gasteiger partial charge in [0, 0.05) is 28.8 Å². The molecule has 0 atom stereocenters. The van der Waals surface area contributed by atoms with E-state index in [4.69, 9.17) is 0 Å². The minimum atomic E-state index is 0.0307. The van der Waals surface area contributed by atoms with Crippen LogP contribution in [0.4, 0.5) is 11.4 Å². The number of carbonyl (C=O) groups excluding carboxylic acids is 1. The van der Waals surface area contributed by atoms with E-state index < -0.39 is 0 Å². The molecule has 4 heteroatoms. The Morgan fingerprint density at radius 2 is 1.76 bits per heavy atom. The Hall–Kier alpha value is -1.81. The summed E-state index contributed by atoms with van der Waals surface area (Å²) in [5.74, 6) is 0.0307. The fraction of sp³-hybridized carbons (Fsp3) is 0.235. The molecule has 0 aliphatic carbocycles. The van der Waals surface area contributed by atoms with E-state index in [1.54, 1.807) is 0 Å². The van der Waals surface area contributed by atoms with Gasteiger partial charge in [0.1, 0.15) is 0 Å². The molecule has 0 radical (unpaired) electrons. The molecule has 21 heavy (non-hydrogen) atoms. The lowest BCUT2D eigenvalue weighted by Gasteiger charge is -2.14. The van der Waals surface area contributed by atoms with Crippen molar-refractivity contribution >= 4 is 33.2 Å². The lowest BCUT2D eigenvalue weighted by molar-refractivity contribution is -0.115. The molecule has 0 saturated heterocycles. The minimum absolute atomic E-state index is 0.0307. The van der Waals surface area contributed by atoms with E-state index in [2.05, 4.69) is 38.7 Å². The van der Waals surface area contributed by atoms with Gasteiger partial charge in [0.15, 0.2) is 0 Å². The average molecular weight is 347 g/mol. The van der Waals surface area contributed by atoms with Crippen LogP contribution < -0.4 is 10.6 Å². The molecule has 1 amide bonds. The van der Waals surface area contributed by atoms with Gasteiger partial charge in [0.2, 0.25) is 5.91 Å². The lowest BCUT2D eigenvalue weighted by atomic mass is 10.1. The third-order valence-electron chi connectivity index (χ3n) is 3.33. The lowest BCUT2D eigenvalue weighted by Crippen LogP contribution is -2.11. The fourth-order valence-electron chi connectivity index (χ4n) is 2.00. The first-order valence-electron chi connectivity index (χ1n) is 6.98. The standard InChI is InChI=1S/C17H19BrN2O/c1-3-17(21)20-16-6-4-5-15(12(16)2)19-11-13-7-9-14(18)10-8-13/h4-10,19H,3,11H2,1-2H3,(H,20,21). The molecule has 3 nitrogen and oxygen atoms in total. The Bertz CT molecular complexity index is 623. The van der Waals surface area contributed by atoms with E-state index >= 15 is 0 Å². The van der Waals surface area contributed by atoms with Gasteiger partial charge < -0.3 is 10.6 Å². The monoisotopic (exact) mass is 346 g/mol. The van der Waals surface area contributed by atoms with Gasteiger partial charge in [-0.1, -0.05) is 41.1 Å². The minimum Gasteiger partial charge on any atom is -0.381 e. The summed E-state index contributed by atoms with van der Waals surface area (Å²) in [4.78, 5) is 11.5. The van der Waals surface area contributed by atoms with E-state index in [9.17, 15) is 4.79 Å². The van der Waals surface area contributed by atoms with Crippen LogP contribution in [0.5, 0.6) is 0 Å². The first-order chi connectivity index (χ1) is 10.1. The van der Waals surface area contributed by atoms with Gasteiger partial charge in [-0.25, -0.2) is 0 Å². The van der Waals surface area contributed by atoms with Crippen LogP contribution in [-0.2, 0) is 11.3 Å². The Labute approximate surface area is 133 Å². The van der Waals surface area contributed by atoms with E-state index in [-0.39, 0.29) is 5.91 Å². The average Bonchev–Trinajstić information content (AvgIpc) is 2.49. The smallest absolute Gasteiger partial charge is 0.224 e. The van der Waals surface area contributed by atoms with E-state index in [1.807, 2.05) is 44.2 Å². The zero-order valence-corrected chi connectivity index (χ0v) is 13.8. The number of amides is 1.